The molecule has 7 nitrogen and oxygen atoms in total. The third-order valence-electron chi connectivity index (χ3n) is 4.22. The van der Waals surface area contributed by atoms with Gasteiger partial charge in [0.05, 0.1) is 42.3 Å². The molecule has 0 amide bonds. The fourth-order valence-electron chi connectivity index (χ4n) is 3.01. The zero-order chi connectivity index (χ0) is 18.4. The largest absolute Gasteiger partial charge is 0.473 e. The highest BCUT2D eigenvalue weighted by atomic mass is 35.5. The van der Waals surface area contributed by atoms with Crippen molar-refractivity contribution >= 4 is 22.9 Å². The van der Waals surface area contributed by atoms with Crippen molar-refractivity contribution in [3.63, 3.8) is 0 Å². The van der Waals surface area contributed by atoms with Crippen LogP contribution in [-0.4, -0.2) is 36.6 Å². The zero-order valence-corrected chi connectivity index (χ0v) is 15.6. The molecular formula is C18H11ClN6OS. The number of aromatic nitrogens is 6. The van der Waals surface area contributed by atoms with E-state index in [0.29, 0.717) is 22.3 Å². The molecule has 0 saturated carbocycles. The third-order valence-corrected chi connectivity index (χ3v) is 5.33. The van der Waals surface area contributed by atoms with Crippen LogP contribution < -0.4 is 4.74 Å². The fraction of sp³-hybridized carbons (Fsp3) is 0.111. The molecule has 0 radical (unpaired) electrons. The maximum atomic E-state index is 6.20. The van der Waals surface area contributed by atoms with E-state index in [1.165, 1.54) is 11.3 Å². The van der Waals surface area contributed by atoms with Crippen LogP contribution in [0.4, 0.5) is 0 Å². The summed E-state index contributed by atoms with van der Waals surface area (Å²) in [5.74, 6) is 6.27. The van der Waals surface area contributed by atoms with Crippen LogP contribution in [0.2, 0.25) is 5.02 Å². The Bertz CT molecular complexity index is 1230. The summed E-state index contributed by atoms with van der Waals surface area (Å²) < 4.78 is 8.94. The van der Waals surface area contributed by atoms with Crippen LogP contribution in [0.1, 0.15) is 22.0 Å². The van der Waals surface area contributed by atoms with E-state index in [4.69, 9.17) is 16.3 Å². The van der Waals surface area contributed by atoms with Gasteiger partial charge in [0.1, 0.15) is 16.9 Å². The maximum Gasteiger partial charge on any atom is 0.274 e. The van der Waals surface area contributed by atoms with Crippen LogP contribution in [0.5, 0.6) is 5.19 Å². The molecule has 5 rings (SSSR count). The van der Waals surface area contributed by atoms with Gasteiger partial charge < -0.3 is 4.74 Å². The molecule has 0 bridgehead atoms. The van der Waals surface area contributed by atoms with Gasteiger partial charge in [-0.3, -0.25) is 4.57 Å². The van der Waals surface area contributed by atoms with Gasteiger partial charge in [-0.15, -0.1) is 5.10 Å². The van der Waals surface area contributed by atoms with E-state index in [1.807, 2.05) is 22.8 Å². The Morgan fingerprint density at radius 2 is 2.11 bits per heavy atom. The second-order valence-electron chi connectivity index (χ2n) is 5.80. The first-order chi connectivity index (χ1) is 13.2. The van der Waals surface area contributed by atoms with Gasteiger partial charge >= 0.3 is 0 Å². The first kappa shape index (κ1) is 16.1. The van der Waals surface area contributed by atoms with E-state index >= 15 is 0 Å². The predicted molar refractivity (Wildman–Crippen MR) is 101 cm³/mol. The van der Waals surface area contributed by atoms with Crippen molar-refractivity contribution < 1.29 is 4.74 Å². The van der Waals surface area contributed by atoms with Gasteiger partial charge in [0.15, 0.2) is 0 Å². The van der Waals surface area contributed by atoms with Crippen molar-refractivity contribution in [3.05, 3.63) is 63.9 Å². The van der Waals surface area contributed by atoms with Gasteiger partial charge in [-0.2, -0.15) is 0 Å². The molecule has 9 heteroatoms. The fourth-order valence-corrected chi connectivity index (χ4v) is 3.76. The number of imidazole rings is 1. The van der Waals surface area contributed by atoms with Crippen molar-refractivity contribution in [3.8, 4) is 28.4 Å². The molecule has 0 atom stereocenters. The van der Waals surface area contributed by atoms with E-state index in [2.05, 4.69) is 32.1 Å². The zero-order valence-electron chi connectivity index (χ0n) is 14.0. The quantitative estimate of drug-likeness (QED) is 0.409. The van der Waals surface area contributed by atoms with Crippen molar-refractivity contribution in [1.29, 1.82) is 0 Å². The Morgan fingerprint density at radius 3 is 2.96 bits per heavy atom. The standard InChI is InChI=1S/C18H11ClN6OS/c1-26-18-20-9-13(27-18)3-4-14-16-7-12-8-22-23-25(12)17-6-11(19)2-5-15(17)24(16)10-21-14/h2,5-6,8-10H,7H2,1H3. The molecule has 0 spiro atoms. The second kappa shape index (κ2) is 6.23. The number of benzene rings is 1. The number of hydrogen-bond acceptors (Lipinski definition) is 6. The molecule has 4 heterocycles. The van der Waals surface area contributed by atoms with Crippen LogP contribution in [-0.2, 0) is 6.42 Å². The summed E-state index contributed by atoms with van der Waals surface area (Å²) in [5, 5.41) is 9.49. The van der Waals surface area contributed by atoms with Gasteiger partial charge in [-0.25, -0.2) is 14.6 Å². The van der Waals surface area contributed by atoms with Crippen molar-refractivity contribution in [2.75, 3.05) is 7.11 Å². The predicted octanol–water partition coefficient (Wildman–Crippen LogP) is 2.88. The SMILES string of the molecule is COc1ncc(C#Cc2ncn3c2Cc2cnnn2-c2cc(Cl)ccc2-3)s1. The van der Waals surface area contributed by atoms with E-state index in [-0.39, 0.29) is 0 Å². The van der Waals surface area contributed by atoms with Crippen molar-refractivity contribution in [2.24, 2.45) is 0 Å². The highest BCUT2D eigenvalue weighted by Crippen LogP contribution is 2.30. The monoisotopic (exact) mass is 394 g/mol. The normalized spacial score (nSPS) is 11.6. The minimum absolute atomic E-state index is 0.587. The highest BCUT2D eigenvalue weighted by Gasteiger charge is 2.22. The van der Waals surface area contributed by atoms with Crippen LogP contribution in [0.25, 0.3) is 11.4 Å². The van der Waals surface area contributed by atoms with Gasteiger partial charge in [0.2, 0.25) is 0 Å². The molecule has 0 saturated heterocycles. The molecule has 1 aliphatic heterocycles. The number of nitrogens with zero attached hydrogens (tertiary/aromatic N) is 6. The molecule has 1 aliphatic rings. The van der Waals surface area contributed by atoms with Gasteiger partial charge in [0.25, 0.3) is 5.19 Å². The summed E-state index contributed by atoms with van der Waals surface area (Å²) in [6.07, 6.45) is 5.83. The van der Waals surface area contributed by atoms with Crippen LogP contribution in [0.3, 0.4) is 0 Å². The highest BCUT2D eigenvalue weighted by molar-refractivity contribution is 7.13. The van der Waals surface area contributed by atoms with E-state index in [1.54, 1.807) is 30.5 Å². The lowest BCUT2D eigenvalue weighted by molar-refractivity contribution is 0.412. The van der Waals surface area contributed by atoms with Gasteiger partial charge in [-0.1, -0.05) is 28.2 Å². The van der Waals surface area contributed by atoms with Crippen LogP contribution >= 0.6 is 22.9 Å². The van der Waals surface area contributed by atoms with E-state index in [0.717, 1.165) is 27.6 Å². The maximum absolute atomic E-state index is 6.20. The summed E-state index contributed by atoms with van der Waals surface area (Å²) >= 11 is 7.60. The number of hydrogen-bond donors (Lipinski definition) is 0. The van der Waals surface area contributed by atoms with Crippen LogP contribution in [0.15, 0.2) is 36.9 Å². The minimum Gasteiger partial charge on any atom is -0.473 e. The molecule has 0 N–H and O–H groups in total. The first-order valence-corrected chi connectivity index (χ1v) is 9.20. The molecule has 1 aromatic carbocycles. The minimum atomic E-state index is 0.587. The second-order valence-corrected chi connectivity index (χ2v) is 7.23. The number of rotatable bonds is 1. The number of thiazole rings is 1. The first-order valence-electron chi connectivity index (χ1n) is 8.01. The molecule has 4 aromatic rings. The molecule has 0 aliphatic carbocycles. The lowest BCUT2D eigenvalue weighted by Gasteiger charge is -2.09. The Morgan fingerprint density at radius 1 is 1.19 bits per heavy atom. The summed E-state index contributed by atoms with van der Waals surface area (Å²) in [6.45, 7) is 0. The van der Waals surface area contributed by atoms with E-state index < -0.39 is 0 Å². The third kappa shape index (κ3) is 2.68. The molecule has 3 aromatic heterocycles. The van der Waals surface area contributed by atoms with Crippen molar-refractivity contribution in [2.45, 2.75) is 6.42 Å². The summed E-state index contributed by atoms with van der Waals surface area (Å²) in [4.78, 5) is 9.47. The smallest absolute Gasteiger partial charge is 0.274 e. The molecule has 27 heavy (non-hydrogen) atoms. The lowest BCUT2D eigenvalue weighted by Crippen LogP contribution is -2.03. The molecule has 0 fully saturated rings. The van der Waals surface area contributed by atoms with Gasteiger partial charge in [0, 0.05) is 11.4 Å². The summed E-state index contributed by atoms with van der Waals surface area (Å²) in [6, 6.07) is 5.67. The Kier molecular flexibility index (Phi) is 3.70. The van der Waals surface area contributed by atoms with Crippen LogP contribution in [0, 0.1) is 11.8 Å². The molecule has 132 valence electrons. The number of halogens is 1. The number of ether oxygens (including phenoxy) is 1. The Balaban J connectivity index is 1.65. The summed E-state index contributed by atoms with van der Waals surface area (Å²) in [7, 11) is 1.59. The molecular weight excluding hydrogens is 384 g/mol. The topological polar surface area (TPSA) is 70.7 Å². The average Bonchev–Trinajstić information content (AvgIpc) is 3.39. The number of methoxy groups -OCH3 is 1. The lowest BCUT2D eigenvalue weighted by atomic mass is 10.2. The van der Waals surface area contributed by atoms with Crippen molar-refractivity contribution in [1.82, 2.24) is 29.5 Å². The van der Waals surface area contributed by atoms with Gasteiger partial charge in [-0.05, 0) is 30.0 Å². The average molecular weight is 395 g/mol. The summed E-state index contributed by atoms with van der Waals surface area (Å²) in [5.41, 5.74) is 4.42. The molecule has 0 unspecified atom stereocenters. The number of fused-ring (bicyclic) bond motifs is 5. The Hall–Kier alpha value is -3.15. The Labute approximate surface area is 163 Å². The van der Waals surface area contributed by atoms with E-state index in [9.17, 15) is 0 Å².